The number of benzene rings is 1. The number of rotatable bonds is 5. The summed E-state index contributed by atoms with van der Waals surface area (Å²) >= 11 is 1.39. The van der Waals surface area contributed by atoms with Crippen LogP contribution in [0.4, 0.5) is 5.69 Å². The Morgan fingerprint density at radius 1 is 1.33 bits per heavy atom. The fourth-order valence-electron chi connectivity index (χ4n) is 1.55. The monoisotopic (exact) mass is 269 g/mol. The van der Waals surface area contributed by atoms with Crippen molar-refractivity contribution in [1.29, 1.82) is 0 Å². The second kappa shape index (κ2) is 6.51. The third-order valence-corrected chi connectivity index (χ3v) is 3.23. The molecule has 0 unspecified atom stereocenters. The van der Waals surface area contributed by atoms with Gasteiger partial charge >= 0.3 is 0 Å². The van der Waals surface area contributed by atoms with Crippen molar-refractivity contribution in [2.45, 2.75) is 0 Å². The van der Waals surface area contributed by atoms with Gasteiger partial charge in [-0.15, -0.1) is 11.8 Å². The standard InChI is InChI=1S/C12H15NO4S/c14-3-6-18-8-12(15)13-9-1-2-10-11(7-9)17-5-4-16-10/h1-2,7,14H,3-6,8H2,(H,13,15). The van der Waals surface area contributed by atoms with Crippen LogP contribution in [0.1, 0.15) is 0 Å². The van der Waals surface area contributed by atoms with Crippen molar-refractivity contribution in [3.63, 3.8) is 0 Å². The van der Waals surface area contributed by atoms with Gasteiger partial charge in [0.15, 0.2) is 11.5 Å². The average Bonchev–Trinajstić information content (AvgIpc) is 2.39. The van der Waals surface area contributed by atoms with Crippen LogP contribution in [0.25, 0.3) is 0 Å². The second-order valence-electron chi connectivity index (χ2n) is 3.68. The minimum absolute atomic E-state index is 0.0853. The Labute approximate surface area is 109 Å². The van der Waals surface area contributed by atoms with Crippen LogP contribution < -0.4 is 14.8 Å². The zero-order chi connectivity index (χ0) is 12.8. The van der Waals surface area contributed by atoms with Gasteiger partial charge < -0.3 is 19.9 Å². The maximum atomic E-state index is 11.6. The van der Waals surface area contributed by atoms with E-state index in [2.05, 4.69) is 5.32 Å². The van der Waals surface area contributed by atoms with Crippen LogP contribution in [0.3, 0.4) is 0 Å². The highest BCUT2D eigenvalue weighted by molar-refractivity contribution is 7.99. The van der Waals surface area contributed by atoms with E-state index >= 15 is 0 Å². The maximum absolute atomic E-state index is 11.6. The fourth-order valence-corrected chi connectivity index (χ4v) is 2.08. The number of thioether (sulfide) groups is 1. The van der Waals surface area contributed by atoms with Gasteiger partial charge in [-0.3, -0.25) is 4.79 Å². The smallest absolute Gasteiger partial charge is 0.234 e. The van der Waals surface area contributed by atoms with E-state index in [1.54, 1.807) is 18.2 Å². The molecule has 0 saturated heterocycles. The van der Waals surface area contributed by atoms with Crippen molar-refractivity contribution in [3.8, 4) is 11.5 Å². The van der Waals surface area contributed by atoms with Crippen molar-refractivity contribution < 1.29 is 19.4 Å². The molecule has 0 bridgehead atoms. The van der Waals surface area contributed by atoms with Crippen molar-refractivity contribution in [3.05, 3.63) is 18.2 Å². The molecular formula is C12H15NO4S. The first kappa shape index (κ1) is 13.0. The van der Waals surface area contributed by atoms with Gasteiger partial charge in [-0.2, -0.15) is 0 Å². The van der Waals surface area contributed by atoms with E-state index in [1.807, 2.05) is 0 Å². The SMILES string of the molecule is O=C(CSCCO)Nc1ccc2c(c1)OCCO2. The van der Waals surface area contributed by atoms with Crippen LogP contribution in [-0.2, 0) is 4.79 Å². The molecule has 0 spiro atoms. The Morgan fingerprint density at radius 3 is 2.89 bits per heavy atom. The zero-order valence-corrected chi connectivity index (χ0v) is 10.7. The summed E-state index contributed by atoms with van der Waals surface area (Å²) in [7, 11) is 0. The van der Waals surface area contributed by atoms with Gasteiger partial charge in [-0.05, 0) is 12.1 Å². The quantitative estimate of drug-likeness (QED) is 0.784. The highest BCUT2D eigenvalue weighted by Gasteiger charge is 2.12. The number of carbonyl (C=O) groups excluding carboxylic acids is 1. The van der Waals surface area contributed by atoms with E-state index in [9.17, 15) is 4.79 Å². The molecule has 1 amide bonds. The summed E-state index contributed by atoms with van der Waals surface area (Å²) < 4.78 is 10.8. The van der Waals surface area contributed by atoms with E-state index in [-0.39, 0.29) is 12.5 Å². The molecule has 18 heavy (non-hydrogen) atoms. The lowest BCUT2D eigenvalue weighted by atomic mass is 10.2. The molecule has 1 aliphatic rings. The number of anilines is 1. The van der Waals surface area contributed by atoms with Crippen molar-refractivity contribution in [2.24, 2.45) is 0 Å². The summed E-state index contributed by atoms with van der Waals surface area (Å²) in [4.78, 5) is 11.6. The average molecular weight is 269 g/mol. The highest BCUT2D eigenvalue weighted by atomic mass is 32.2. The van der Waals surface area contributed by atoms with Crippen molar-refractivity contribution in [2.75, 3.05) is 36.6 Å². The lowest BCUT2D eigenvalue weighted by Gasteiger charge is -2.18. The molecule has 0 aliphatic carbocycles. The number of amides is 1. The summed E-state index contributed by atoms with van der Waals surface area (Å²) in [5.74, 6) is 2.16. The predicted molar refractivity (Wildman–Crippen MR) is 70.5 cm³/mol. The Bertz CT molecular complexity index is 425. The lowest BCUT2D eigenvalue weighted by molar-refractivity contribution is -0.113. The van der Waals surface area contributed by atoms with Gasteiger partial charge in [0, 0.05) is 17.5 Å². The zero-order valence-electron chi connectivity index (χ0n) is 9.85. The molecule has 1 heterocycles. The van der Waals surface area contributed by atoms with Crippen LogP contribution in [0, 0.1) is 0 Å². The molecule has 1 aromatic carbocycles. The Balaban J connectivity index is 1.91. The van der Waals surface area contributed by atoms with Crippen molar-refractivity contribution in [1.82, 2.24) is 0 Å². The first-order chi connectivity index (χ1) is 8.79. The molecule has 0 radical (unpaired) electrons. The first-order valence-corrected chi connectivity index (χ1v) is 6.83. The highest BCUT2D eigenvalue weighted by Crippen LogP contribution is 2.32. The molecule has 6 heteroatoms. The largest absolute Gasteiger partial charge is 0.486 e. The van der Waals surface area contributed by atoms with Gasteiger partial charge in [0.25, 0.3) is 0 Å². The van der Waals surface area contributed by atoms with Gasteiger partial charge in [-0.1, -0.05) is 0 Å². The molecule has 2 N–H and O–H groups in total. The molecule has 0 aromatic heterocycles. The second-order valence-corrected chi connectivity index (χ2v) is 4.79. The molecule has 0 fully saturated rings. The Morgan fingerprint density at radius 2 is 2.11 bits per heavy atom. The molecule has 1 aromatic rings. The molecule has 1 aliphatic heterocycles. The van der Waals surface area contributed by atoms with E-state index in [1.165, 1.54) is 11.8 Å². The van der Waals surface area contributed by atoms with E-state index in [0.717, 1.165) is 0 Å². The van der Waals surface area contributed by atoms with Gasteiger partial charge in [0.2, 0.25) is 5.91 Å². The van der Waals surface area contributed by atoms with E-state index < -0.39 is 0 Å². The van der Waals surface area contributed by atoms with Gasteiger partial charge in [0.05, 0.1) is 12.4 Å². The topological polar surface area (TPSA) is 67.8 Å². The number of hydrogen-bond donors (Lipinski definition) is 2. The summed E-state index contributed by atoms with van der Waals surface area (Å²) in [5.41, 5.74) is 0.689. The summed E-state index contributed by atoms with van der Waals surface area (Å²) in [5, 5.41) is 11.4. The molecule has 98 valence electrons. The lowest BCUT2D eigenvalue weighted by Crippen LogP contribution is -2.17. The van der Waals surface area contributed by atoms with Crippen LogP contribution >= 0.6 is 11.8 Å². The minimum Gasteiger partial charge on any atom is -0.486 e. The van der Waals surface area contributed by atoms with Crippen LogP contribution in [-0.4, -0.2) is 42.3 Å². The number of ether oxygens (including phenoxy) is 2. The summed E-state index contributed by atoms with van der Waals surface area (Å²) in [6.45, 7) is 1.16. The normalized spacial score (nSPS) is 13.2. The number of fused-ring (bicyclic) bond motifs is 1. The van der Waals surface area contributed by atoms with Gasteiger partial charge in [-0.25, -0.2) is 0 Å². The third kappa shape index (κ3) is 3.54. The molecule has 5 nitrogen and oxygen atoms in total. The Kier molecular flexibility index (Phi) is 4.72. The number of aliphatic hydroxyl groups is 1. The van der Waals surface area contributed by atoms with E-state index in [4.69, 9.17) is 14.6 Å². The maximum Gasteiger partial charge on any atom is 0.234 e. The molecule has 0 saturated carbocycles. The fraction of sp³-hybridized carbons (Fsp3) is 0.417. The molecular weight excluding hydrogens is 254 g/mol. The molecule has 0 atom stereocenters. The molecule has 2 rings (SSSR count). The first-order valence-electron chi connectivity index (χ1n) is 5.67. The third-order valence-electron chi connectivity index (χ3n) is 2.29. The number of carbonyl (C=O) groups is 1. The van der Waals surface area contributed by atoms with Crippen LogP contribution in [0.5, 0.6) is 11.5 Å². The number of aliphatic hydroxyl groups excluding tert-OH is 1. The summed E-state index contributed by atoms with van der Waals surface area (Å²) in [6, 6.07) is 5.32. The van der Waals surface area contributed by atoms with Gasteiger partial charge in [0.1, 0.15) is 13.2 Å². The minimum atomic E-state index is -0.0925. The Hall–Kier alpha value is -1.40. The van der Waals surface area contributed by atoms with E-state index in [0.29, 0.717) is 41.9 Å². The van der Waals surface area contributed by atoms with Crippen LogP contribution in [0.15, 0.2) is 18.2 Å². The number of nitrogens with one attached hydrogen (secondary N) is 1. The van der Waals surface area contributed by atoms with Crippen LogP contribution in [0.2, 0.25) is 0 Å². The summed E-state index contributed by atoms with van der Waals surface area (Å²) in [6.07, 6.45) is 0. The number of hydrogen-bond acceptors (Lipinski definition) is 5. The predicted octanol–water partition coefficient (Wildman–Crippen LogP) is 1.12. The van der Waals surface area contributed by atoms with Crippen molar-refractivity contribution >= 4 is 23.4 Å².